The van der Waals surface area contributed by atoms with Crippen LogP contribution in [0.2, 0.25) is 0 Å². The molecule has 104 valence electrons. The molecular formula is C14H20N2O3. The Hall–Kier alpha value is -1.75. The summed E-state index contributed by atoms with van der Waals surface area (Å²) >= 11 is 0. The van der Waals surface area contributed by atoms with Crippen molar-refractivity contribution in [1.82, 2.24) is 0 Å². The summed E-state index contributed by atoms with van der Waals surface area (Å²) in [4.78, 5) is 12.4. The highest BCUT2D eigenvalue weighted by Gasteiger charge is 2.33. The summed E-state index contributed by atoms with van der Waals surface area (Å²) in [7, 11) is 0. The molecule has 3 N–H and O–H groups in total. The van der Waals surface area contributed by atoms with Crippen LogP contribution in [0.15, 0.2) is 18.2 Å². The molecule has 5 nitrogen and oxygen atoms in total. The van der Waals surface area contributed by atoms with Crippen molar-refractivity contribution in [2.75, 3.05) is 18.7 Å². The molecule has 0 bridgehead atoms. The molecule has 1 aliphatic heterocycles. The van der Waals surface area contributed by atoms with E-state index in [1.54, 1.807) is 18.2 Å². The number of ether oxygens (including phenoxy) is 2. The van der Waals surface area contributed by atoms with Gasteiger partial charge in [-0.2, -0.15) is 0 Å². The molecule has 0 radical (unpaired) electrons. The number of hydrogen-bond acceptors (Lipinski definition) is 4. The molecule has 2 rings (SSSR count). The third kappa shape index (κ3) is 2.51. The summed E-state index contributed by atoms with van der Waals surface area (Å²) < 4.78 is 10.5. The zero-order valence-corrected chi connectivity index (χ0v) is 11.4. The van der Waals surface area contributed by atoms with Gasteiger partial charge in [-0.05, 0) is 25.0 Å². The Bertz CT molecular complexity index is 461. The van der Waals surface area contributed by atoms with E-state index in [-0.39, 0.29) is 12.7 Å². The van der Waals surface area contributed by atoms with Gasteiger partial charge in [0.05, 0.1) is 5.41 Å². The van der Waals surface area contributed by atoms with Crippen molar-refractivity contribution < 1.29 is 14.3 Å². The molecule has 19 heavy (non-hydrogen) atoms. The second-order valence-corrected chi connectivity index (χ2v) is 4.71. The van der Waals surface area contributed by atoms with Crippen LogP contribution >= 0.6 is 0 Å². The van der Waals surface area contributed by atoms with Gasteiger partial charge in [0.15, 0.2) is 11.5 Å². The van der Waals surface area contributed by atoms with Crippen molar-refractivity contribution in [2.45, 2.75) is 26.7 Å². The highest BCUT2D eigenvalue weighted by molar-refractivity contribution is 5.95. The third-order valence-electron chi connectivity index (χ3n) is 3.86. The average molecular weight is 264 g/mol. The first-order valence-electron chi connectivity index (χ1n) is 6.56. The van der Waals surface area contributed by atoms with Crippen LogP contribution in [-0.2, 0) is 4.79 Å². The number of nitrogens with two attached hydrogens (primary N) is 1. The van der Waals surface area contributed by atoms with E-state index in [0.29, 0.717) is 23.7 Å². The van der Waals surface area contributed by atoms with Gasteiger partial charge in [-0.3, -0.25) is 4.79 Å². The molecule has 1 amide bonds. The van der Waals surface area contributed by atoms with E-state index in [4.69, 9.17) is 15.2 Å². The second-order valence-electron chi connectivity index (χ2n) is 4.71. The van der Waals surface area contributed by atoms with Gasteiger partial charge >= 0.3 is 0 Å². The summed E-state index contributed by atoms with van der Waals surface area (Å²) in [6.45, 7) is 4.53. The first kappa shape index (κ1) is 13.7. The maximum Gasteiger partial charge on any atom is 0.231 e. The number of amides is 1. The second kappa shape index (κ2) is 5.48. The lowest BCUT2D eigenvalue weighted by Crippen LogP contribution is -2.41. The highest BCUT2D eigenvalue weighted by Crippen LogP contribution is 2.35. The zero-order valence-electron chi connectivity index (χ0n) is 11.4. The molecule has 5 heteroatoms. The van der Waals surface area contributed by atoms with E-state index >= 15 is 0 Å². The maximum absolute atomic E-state index is 12.4. The minimum Gasteiger partial charge on any atom is -0.454 e. The molecular weight excluding hydrogens is 244 g/mol. The molecule has 0 fully saturated rings. The van der Waals surface area contributed by atoms with Crippen molar-refractivity contribution in [2.24, 2.45) is 11.1 Å². The van der Waals surface area contributed by atoms with Crippen LogP contribution in [0.25, 0.3) is 0 Å². The molecule has 1 aromatic carbocycles. The quantitative estimate of drug-likeness (QED) is 0.854. The number of carbonyl (C=O) groups is 1. The minimum atomic E-state index is -0.504. The lowest BCUT2D eigenvalue weighted by molar-refractivity contribution is -0.125. The number of carbonyl (C=O) groups excluding carboxylic acids is 1. The van der Waals surface area contributed by atoms with E-state index in [9.17, 15) is 4.79 Å². The predicted octanol–water partition coefficient (Wildman–Crippen LogP) is 2.12. The van der Waals surface area contributed by atoms with E-state index < -0.39 is 5.41 Å². The number of nitrogens with one attached hydrogen (secondary N) is 1. The molecule has 0 saturated heterocycles. The molecule has 1 aromatic rings. The lowest BCUT2D eigenvalue weighted by Gasteiger charge is -2.28. The minimum absolute atomic E-state index is 0.0427. The molecule has 0 saturated carbocycles. The summed E-state index contributed by atoms with van der Waals surface area (Å²) in [5.74, 6) is 1.32. The van der Waals surface area contributed by atoms with Gasteiger partial charge in [-0.25, -0.2) is 0 Å². The van der Waals surface area contributed by atoms with Gasteiger partial charge in [0.25, 0.3) is 0 Å². The molecule has 1 heterocycles. The molecule has 0 unspecified atom stereocenters. The first-order valence-corrected chi connectivity index (χ1v) is 6.56. The van der Waals surface area contributed by atoms with Gasteiger partial charge < -0.3 is 20.5 Å². The molecule has 0 spiro atoms. The van der Waals surface area contributed by atoms with Gasteiger partial charge in [0.2, 0.25) is 12.7 Å². The molecule has 1 aliphatic rings. The summed E-state index contributed by atoms with van der Waals surface area (Å²) in [5.41, 5.74) is 5.97. The van der Waals surface area contributed by atoms with Crippen LogP contribution in [0.1, 0.15) is 26.7 Å². The van der Waals surface area contributed by atoms with Crippen LogP contribution < -0.4 is 20.5 Å². The number of fused-ring (bicyclic) bond motifs is 1. The fourth-order valence-corrected chi connectivity index (χ4v) is 2.19. The van der Waals surface area contributed by atoms with Crippen LogP contribution in [-0.4, -0.2) is 19.2 Å². The van der Waals surface area contributed by atoms with Gasteiger partial charge in [0.1, 0.15) is 0 Å². The molecule has 0 aliphatic carbocycles. The van der Waals surface area contributed by atoms with Crippen molar-refractivity contribution >= 4 is 11.6 Å². The lowest BCUT2D eigenvalue weighted by atomic mass is 9.81. The van der Waals surface area contributed by atoms with Crippen LogP contribution in [0, 0.1) is 5.41 Å². The van der Waals surface area contributed by atoms with E-state index in [1.807, 2.05) is 13.8 Å². The Balaban J connectivity index is 2.14. The van der Waals surface area contributed by atoms with Gasteiger partial charge in [-0.1, -0.05) is 13.8 Å². The number of benzene rings is 1. The molecule has 0 atom stereocenters. The Morgan fingerprint density at radius 2 is 2.00 bits per heavy atom. The third-order valence-corrected chi connectivity index (χ3v) is 3.86. The average Bonchev–Trinajstić information content (AvgIpc) is 2.89. The topological polar surface area (TPSA) is 73.6 Å². The standard InChI is InChI=1S/C14H20N2O3/c1-3-14(4-2,8-15)13(17)16-10-5-6-11-12(7-10)19-9-18-11/h5-7H,3-4,8-9,15H2,1-2H3,(H,16,17). The Morgan fingerprint density at radius 1 is 1.32 bits per heavy atom. The smallest absolute Gasteiger partial charge is 0.231 e. The summed E-state index contributed by atoms with van der Waals surface area (Å²) in [6.07, 6.45) is 1.44. The monoisotopic (exact) mass is 264 g/mol. The Morgan fingerprint density at radius 3 is 2.63 bits per heavy atom. The normalized spacial score (nSPS) is 13.4. The number of rotatable bonds is 5. The van der Waals surface area contributed by atoms with Crippen molar-refractivity contribution in [3.8, 4) is 11.5 Å². The highest BCUT2D eigenvalue weighted by atomic mass is 16.7. The summed E-state index contributed by atoms with van der Waals surface area (Å²) in [5, 5.41) is 2.91. The van der Waals surface area contributed by atoms with Gasteiger partial charge in [0, 0.05) is 18.3 Å². The maximum atomic E-state index is 12.4. The summed E-state index contributed by atoms with van der Waals surface area (Å²) in [6, 6.07) is 5.37. The van der Waals surface area contributed by atoms with E-state index in [0.717, 1.165) is 12.8 Å². The fraction of sp³-hybridized carbons (Fsp3) is 0.500. The van der Waals surface area contributed by atoms with Crippen LogP contribution in [0.4, 0.5) is 5.69 Å². The van der Waals surface area contributed by atoms with Crippen LogP contribution in [0.3, 0.4) is 0 Å². The Labute approximate surface area is 113 Å². The van der Waals surface area contributed by atoms with E-state index in [1.165, 1.54) is 0 Å². The number of anilines is 1. The fourth-order valence-electron chi connectivity index (χ4n) is 2.19. The van der Waals surface area contributed by atoms with Gasteiger partial charge in [-0.15, -0.1) is 0 Å². The first-order chi connectivity index (χ1) is 9.15. The molecule has 0 aromatic heterocycles. The van der Waals surface area contributed by atoms with Crippen molar-refractivity contribution in [1.29, 1.82) is 0 Å². The largest absolute Gasteiger partial charge is 0.454 e. The predicted molar refractivity (Wildman–Crippen MR) is 73.3 cm³/mol. The van der Waals surface area contributed by atoms with E-state index in [2.05, 4.69) is 5.32 Å². The SMILES string of the molecule is CCC(CC)(CN)C(=O)Nc1ccc2c(c1)OCO2. The Kier molecular flexibility index (Phi) is 3.95. The number of hydrogen-bond donors (Lipinski definition) is 2. The van der Waals surface area contributed by atoms with Crippen molar-refractivity contribution in [3.05, 3.63) is 18.2 Å². The zero-order chi connectivity index (χ0) is 13.9. The van der Waals surface area contributed by atoms with Crippen molar-refractivity contribution in [3.63, 3.8) is 0 Å². The van der Waals surface area contributed by atoms with Crippen LogP contribution in [0.5, 0.6) is 11.5 Å².